The first-order valence-electron chi connectivity index (χ1n) is 7.72. The van der Waals surface area contributed by atoms with Crippen LogP contribution in [0.2, 0.25) is 5.02 Å². The fourth-order valence-electron chi connectivity index (χ4n) is 2.05. The summed E-state index contributed by atoms with van der Waals surface area (Å²) >= 11 is 6.03. The third-order valence-electron chi connectivity index (χ3n) is 3.23. The van der Waals surface area contributed by atoms with E-state index in [1.807, 2.05) is 25.1 Å². The summed E-state index contributed by atoms with van der Waals surface area (Å²) in [5, 5.41) is 6.14. The summed E-state index contributed by atoms with van der Waals surface area (Å²) in [6, 6.07) is 14.3. The highest BCUT2D eigenvalue weighted by Crippen LogP contribution is 2.17. The summed E-state index contributed by atoms with van der Waals surface area (Å²) in [6.07, 6.45) is 4.39. The minimum absolute atomic E-state index is 0.0167. The lowest BCUT2D eigenvalue weighted by Crippen LogP contribution is -2.11. The predicted molar refractivity (Wildman–Crippen MR) is 99.1 cm³/mol. The molecule has 2 amide bonds. The zero-order chi connectivity index (χ0) is 17.4. The third-order valence-corrected chi connectivity index (χ3v) is 3.58. The van der Waals surface area contributed by atoms with Crippen molar-refractivity contribution in [1.29, 1.82) is 0 Å². The summed E-state index contributed by atoms with van der Waals surface area (Å²) in [7, 11) is 0. The molecule has 0 aliphatic rings. The summed E-state index contributed by atoms with van der Waals surface area (Å²) < 4.78 is 0. The molecule has 0 saturated heterocycles. The van der Waals surface area contributed by atoms with Gasteiger partial charge in [0, 0.05) is 28.9 Å². The van der Waals surface area contributed by atoms with Gasteiger partial charge in [0.05, 0.1) is 0 Å². The Morgan fingerprint density at radius 3 is 2.25 bits per heavy atom. The van der Waals surface area contributed by atoms with Crippen LogP contribution in [0.15, 0.2) is 54.6 Å². The van der Waals surface area contributed by atoms with E-state index in [4.69, 9.17) is 11.6 Å². The first kappa shape index (κ1) is 17.8. The number of hydrogen-bond donors (Lipinski definition) is 2. The van der Waals surface area contributed by atoms with Gasteiger partial charge in [-0.15, -0.1) is 0 Å². The number of anilines is 2. The summed E-state index contributed by atoms with van der Waals surface area (Å²) in [6.45, 7) is 1.95. The highest BCUT2D eigenvalue weighted by molar-refractivity contribution is 6.32. The molecule has 0 unspecified atom stereocenters. The second-order valence-electron chi connectivity index (χ2n) is 5.22. The van der Waals surface area contributed by atoms with Crippen molar-refractivity contribution >= 4 is 40.9 Å². The van der Waals surface area contributed by atoms with Crippen molar-refractivity contribution in [2.75, 3.05) is 10.6 Å². The van der Waals surface area contributed by atoms with E-state index in [1.165, 1.54) is 6.08 Å². The molecule has 0 heterocycles. The van der Waals surface area contributed by atoms with Gasteiger partial charge in [0.2, 0.25) is 11.8 Å². The van der Waals surface area contributed by atoms with Crippen molar-refractivity contribution in [3.8, 4) is 0 Å². The summed E-state index contributed by atoms with van der Waals surface area (Å²) in [5.41, 5.74) is 2.14. The summed E-state index contributed by atoms with van der Waals surface area (Å²) in [4.78, 5) is 23.5. The summed E-state index contributed by atoms with van der Waals surface area (Å²) in [5.74, 6) is -0.269. The third kappa shape index (κ3) is 5.56. The van der Waals surface area contributed by atoms with Gasteiger partial charge in [-0.1, -0.05) is 36.7 Å². The number of rotatable bonds is 6. The average molecular weight is 343 g/mol. The quantitative estimate of drug-likeness (QED) is 0.745. The van der Waals surface area contributed by atoms with Gasteiger partial charge in [-0.2, -0.15) is 0 Å². The van der Waals surface area contributed by atoms with Crippen LogP contribution in [0.4, 0.5) is 11.4 Å². The lowest BCUT2D eigenvalue weighted by atomic mass is 10.2. The molecule has 0 aliphatic heterocycles. The van der Waals surface area contributed by atoms with Crippen molar-refractivity contribution in [3.05, 3.63) is 65.2 Å². The normalized spacial score (nSPS) is 10.6. The van der Waals surface area contributed by atoms with Crippen LogP contribution in [-0.4, -0.2) is 11.8 Å². The van der Waals surface area contributed by atoms with E-state index >= 15 is 0 Å². The molecule has 0 fully saturated rings. The van der Waals surface area contributed by atoms with Gasteiger partial charge in [-0.05, 0) is 48.4 Å². The van der Waals surface area contributed by atoms with Crippen molar-refractivity contribution in [1.82, 2.24) is 0 Å². The Bertz CT molecular complexity index is 739. The highest BCUT2D eigenvalue weighted by Gasteiger charge is 2.02. The molecule has 2 aromatic rings. The molecule has 124 valence electrons. The predicted octanol–water partition coefficient (Wildman–Crippen LogP) is 4.73. The monoisotopic (exact) mass is 342 g/mol. The molecule has 0 aromatic heterocycles. The molecule has 0 atom stereocenters. The number of halogens is 1. The van der Waals surface area contributed by atoms with Gasteiger partial charge in [-0.25, -0.2) is 0 Å². The molecule has 0 aliphatic carbocycles. The molecule has 24 heavy (non-hydrogen) atoms. The molecule has 2 aromatic carbocycles. The lowest BCUT2D eigenvalue weighted by Gasteiger charge is -2.06. The Morgan fingerprint density at radius 1 is 1.00 bits per heavy atom. The number of benzene rings is 2. The molecule has 2 rings (SSSR count). The molecule has 2 N–H and O–H groups in total. The second kappa shape index (κ2) is 8.89. The van der Waals surface area contributed by atoms with E-state index in [0.717, 1.165) is 12.0 Å². The number of amides is 2. The van der Waals surface area contributed by atoms with Gasteiger partial charge in [-0.3, -0.25) is 9.59 Å². The van der Waals surface area contributed by atoms with E-state index in [1.54, 1.807) is 36.4 Å². The van der Waals surface area contributed by atoms with Gasteiger partial charge >= 0.3 is 0 Å². The van der Waals surface area contributed by atoms with Crippen LogP contribution < -0.4 is 10.6 Å². The van der Waals surface area contributed by atoms with Crippen LogP contribution in [0.1, 0.15) is 25.3 Å². The first-order chi connectivity index (χ1) is 11.6. The van der Waals surface area contributed by atoms with Crippen molar-refractivity contribution < 1.29 is 9.59 Å². The SMILES string of the molecule is CCCC(=O)Nc1ccc(NC(=O)/C=C/c2ccccc2Cl)cc1. The smallest absolute Gasteiger partial charge is 0.248 e. The maximum atomic E-state index is 11.9. The van der Waals surface area contributed by atoms with Gasteiger partial charge in [0.25, 0.3) is 0 Å². The van der Waals surface area contributed by atoms with Crippen LogP contribution in [0, 0.1) is 0 Å². The van der Waals surface area contributed by atoms with Crippen molar-refractivity contribution in [2.45, 2.75) is 19.8 Å². The zero-order valence-electron chi connectivity index (χ0n) is 13.4. The molecular weight excluding hydrogens is 324 g/mol. The zero-order valence-corrected chi connectivity index (χ0v) is 14.1. The van der Waals surface area contributed by atoms with Crippen molar-refractivity contribution in [2.24, 2.45) is 0 Å². The molecule has 5 heteroatoms. The standard InChI is InChI=1S/C19H19ClN2O2/c1-2-5-18(23)21-15-9-11-16(12-10-15)22-19(24)13-8-14-6-3-4-7-17(14)20/h3-4,6-13H,2,5H2,1H3,(H,21,23)(H,22,24)/b13-8+. The number of nitrogens with one attached hydrogen (secondary N) is 2. The second-order valence-corrected chi connectivity index (χ2v) is 5.63. The maximum absolute atomic E-state index is 11.9. The molecular formula is C19H19ClN2O2. The van der Waals surface area contributed by atoms with E-state index in [0.29, 0.717) is 22.8 Å². The maximum Gasteiger partial charge on any atom is 0.248 e. The number of carbonyl (C=O) groups is 2. The average Bonchev–Trinajstić information content (AvgIpc) is 2.56. The van der Waals surface area contributed by atoms with E-state index in [-0.39, 0.29) is 11.8 Å². The Labute approximate surface area is 146 Å². The molecule has 0 bridgehead atoms. The largest absolute Gasteiger partial charge is 0.326 e. The van der Waals surface area contributed by atoms with Gasteiger partial charge in [0.1, 0.15) is 0 Å². The van der Waals surface area contributed by atoms with Crippen LogP contribution >= 0.6 is 11.6 Å². The first-order valence-corrected chi connectivity index (χ1v) is 8.10. The lowest BCUT2D eigenvalue weighted by molar-refractivity contribution is -0.116. The van der Waals surface area contributed by atoms with E-state index in [2.05, 4.69) is 10.6 Å². The molecule has 0 radical (unpaired) electrons. The Kier molecular flexibility index (Phi) is 6.58. The topological polar surface area (TPSA) is 58.2 Å². The Morgan fingerprint density at radius 2 is 1.62 bits per heavy atom. The fourth-order valence-corrected chi connectivity index (χ4v) is 2.25. The Balaban J connectivity index is 1.92. The van der Waals surface area contributed by atoms with E-state index in [9.17, 15) is 9.59 Å². The van der Waals surface area contributed by atoms with Gasteiger partial charge in [0.15, 0.2) is 0 Å². The minimum Gasteiger partial charge on any atom is -0.326 e. The number of carbonyl (C=O) groups excluding carboxylic acids is 2. The minimum atomic E-state index is -0.252. The highest BCUT2D eigenvalue weighted by atomic mass is 35.5. The van der Waals surface area contributed by atoms with Crippen LogP contribution in [0.3, 0.4) is 0 Å². The van der Waals surface area contributed by atoms with E-state index < -0.39 is 0 Å². The van der Waals surface area contributed by atoms with Crippen LogP contribution in [0.25, 0.3) is 6.08 Å². The molecule has 0 saturated carbocycles. The van der Waals surface area contributed by atoms with Crippen LogP contribution in [0.5, 0.6) is 0 Å². The molecule has 0 spiro atoms. The molecule has 4 nitrogen and oxygen atoms in total. The van der Waals surface area contributed by atoms with Gasteiger partial charge < -0.3 is 10.6 Å². The Hall–Kier alpha value is -2.59. The van der Waals surface area contributed by atoms with Crippen LogP contribution in [-0.2, 0) is 9.59 Å². The fraction of sp³-hybridized carbons (Fsp3) is 0.158. The van der Waals surface area contributed by atoms with Crippen molar-refractivity contribution in [3.63, 3.8) is 0 Å². The number of hydrogen-bond acceptors (Lipinski definition) is 2.